The monoisotopic (exact) mass is 352 g/mol. The summed E-state index contributed by atoms with van der Waals surface area (Å²) in [6.07, 6.45) is 0. The first-order valence-corrected chi connectivity index (χ1v) is 8.88. The molecule has 1 unspecified atom stereocenters. The molecule has 0 aliphatic carbocycles. The highest BCUT2D eigenvalue weighted by atomic mass is 32.2. The zero-order chi connectivity index (χ0) is 17.4. The summed E-state index contributed by atoms with van der Waals surface area (Å²) in [6.45, 7) is 0. The van der Waals surface area contributed by atoms with E-state index in [4.69, 9.17) is 4.74 Å². The standard InChI is InChI=1S/C19H16N2O3S/c1-24-14-8-6-13(7-9-14)21-17(23)11-25-19(21)15-10-5-12-3-2-4-16(22)18(12)20-15/h2-10,19,22H,11H2,1H3. The molecule has 126 valence electrons. The van der Waals surface area contributed by atoms with Crippen molar-refractivity contribution in [1.82, 2.24) is 4.98 Å². The number of methoxy groups -OCH3 is 1. The van der Waals surface area contributed by atoms with Crippen LogP contribution in [0.25, 0.3) is 10.9 Å². The Labute approximate surface area is 149 Å². The fourth-order valence-electron chi connectivity index (χ4n) is 2.95. The lowest BCUT2D eigenvalue weighted by molar-refractivity contribution is -0.115. The van der Waals surface area contributed by atoms with E-state index < -0.39 is 0 Å². The molecular formula is C19H16N2O3S. The number of nitrogens with zero attached hydrogens (tertiary/aromatic N) is 2. The topological polar surface area (TPSA) is 62.7 Å². The Balaban J connectivity index is 1.75. The largest absolute Gasteiger partial charge is 0.506 e. The summed E-state index contributed by atoms with van der Waals surface area (Å²) < 4.78 is 5.18. The summed E-state index contributed by atoms with van der Waals surface area (Å²) in [4.78, 5) is 18.8. The third-order valence-electron chi connectivity index (χ3n) is 4.19. The number of ether oxygens (including phenoxy) is 1. The Hall–Kier alpha value is -2.73. The number of fused-ring (bicyclic) bond motifs is 1. The number of phenolic OH excluding ortho intramolecular Hbond substituents is 1. The normalized spacial score (nSPS) is 17.2. The maximum Gasteiger partial charge on any atom is 0.238 e. The minimum atomic E-state index is -0.218. The fourth-order valence-corrected chi connectivity index (χ4v) is 4.08. The number of hydrogen-bond donors (Lipinski definition) is 1. The summed E-state index contributed by atoms with van der Waals surface area (Å²) in [5, 5.41) is 10.7. The molecule has 25 heavy (non-hydrogen) atoms. The van der Waals surface area contributed by atoms with Crippen LogP contribution in [0.15, 0.2) is 54.6 Å². The van der Waals surface area contributed by atoms with Crippen molar-refractivity contribution in [3.05, 3.63) is 60.3 Å². The number of phenols is 1. The number of rotatable bonds is 3. The zero-order valence-electron chi connectivity index (χ0n) is 13.5. The first-order chi connectivity index (χ1) is 12.2. The van der Waals surface area contributed by atoms with Gasteiger partial charge in [0, 0.05) is 11.1 Å². The van der Waals surface area contributed by atoms with E-state index in [2.05, 4.69) is 4.98 Å². The molecule has 2 heterocycles. The number of hydrogen-bond acceptors (Lipinski definition) is 5. The first kappa shape index (κ1) is 15.8. The SMILES string of the molecule is COc1ccc(N2C(=O)CSC2c2ccc3cccc(O)c3n2)cc1. The molecule has 1 aliphatic rings. The van der Waals surface area contributed by atoms with Gasteiger partial charge in [0.05, 0.1) is 18.6 Å². The van der Waals surface area contributed by atoms with Crippen LogP contribution in [0.4, 0.5) is 5.69 Å². The lowest BCUT2D eigenvalue weighted by Gasteiger charge is -2.24. The second kappa shape index (κ2) is 6.29. The maximum absolute atomic E-state index is 12.4. The molecule has 1 aliphatic heterocycles. The minimum Gasteiger partial charge on any atom is -0.506 e. The molecule has 0 spiro atoms. The van der Waals surface area contributed by atoms with Crippen LogP contribution >= 0.6 is 11.8 Å². The third-order valence-corrected chi connectivity index (χ3v) is 5.37. The number of para-hydroxylation sites is 1. The number of carbonyl (C=O) groups is 1. The van der Waals surface area contributed by atoms with Gasteiger partial charge in [0.15, 0.2) is 0 Å². The van der Waals surface area contributed by atoms with Crippen LogP contribution in [0.3, 0.4) is 0 Å². The highest BCUT2D eigenvalue weighted by molar-refractivity contribution is 8.00. The van der Waals surface area contributed by atoms with Crippen molar-refractivity contribution >= 4 is 34.3 Å². The van der Waals surface area contributed by atoms with E-state index in [1.165, 1.54) is 11.8 Å². The molecule has 4 rings (SSSR count). The Morgan fingerprint density at radius 3 is 2.72 bits per heavy atom. The molecule has 5 nitrogen and oxygen atoms in total. The number of benzene rings is 2. The second-order valence-corrected chi connectivity index (χ2v) is 6.78. The Morgan fingerprint density at radius 1 is 1.16 bits per heavy atom. The van der Waals surface area contributed by atoms with E-state index >= 15 is 0 Å². The van der Waals surface area contributed by atoms with Crippen molar-refractivity contribution < 1.29 is 14.6 Å². The fraction of sp³-hybridized carbons (Fsp3) is 0.158. The Bertz CT molecular complexity index is 943. The minimum absolute atomic E-state index is 0.0411. The Kier molecular flexibility index (Phi) is 3.97. The highest BCUT2D eigenvalue weighted by Crippen LogP contribution is 2.42. The van der Waals surface area contributed by atoms with Crippen LogP contribution in [0.2, 0.25) is 0 Å². The van der Waals surface area contributed by atoms with E-state index in [0.29, 0.717) is 11.3 Å². The van der Waals surface area contributed by atoms with Gasteiger partial charge in [-0.05, 0) is 36.4 Å². The lowest BCUT2D eigenvalue weighted by Crippen LogP contribution is -2.28. The van der Waals surface area contributed by atoms with Gasteiger partial charge >= 0.3 is 0 Å². The third kappa shape index (κ3) is 2.78. The molecular weight excluding hydrogens is 336 g/mol. The van der Waals surface area contributed by atoms with Gasteiger partial charge in [-0.25, -0.2) is 4.98 Å². The smallest absolute Gasteiger partial charge is 0.238 e. The number of aromatic hydroxyl groups is 1. The summed E-state index contributed by atoms with van der Waals surface area (Å²) in [7, 11) is 1.61. The average Bonchev–Trinajstić information content (AvgIpc) is 3.03. The zero-order valence-corrected chi connectivity index (χ0v) is 14.4. The molecule has 1 aromatic heterocycles. The number of thioether (sulfide) groups is 1. The van der Waals surface area contributed by atoms with Crippen molar-refractivity contribution in [1.29, 1.82) is 0 Å². The van der Waals surface area contributed by atoms with Gasteiger partial charge in [0.2, 0.25) is 5.91 Å². The molecule has 6 heteroatoms. The number of anilines is 1. The van der Waals surface area contributed by atoms with Gasteiger partial charge in [0.25, 0.3) is 0 Å². The molecule has 2 aromatic carbocycles. The summed E-state index contributed by atoms with van der Waals surface area (Å²) in [5.74, 6) is 1.33. The van der Waals surface area contributed by atoms with Crippen LogP contribution in [0.1, 0.15) is 11.1 Å². The van der Waals surface area contributed by atoms with Crippen LogP contribution in [0, 0.1) is 0 Å². The van der Waals surface area contributed by atoms with Gasteiger partial charge in [-0.3, -0.25) is 9.69 Å². The van der Waals surface area contributed by atoms with Crippen LogP contribution in [-0.2, 0) is 4.79 Å². The summed E-state index contributed by atoms with van der Waals surface area (Å²) in [5.41, 5.74) is 2.11. The van der Waals surface area contributed by atoms with Gasteiger partial charge in [0.1, 0.15) is 22.4 Å². The molecule has 0 bridgehead atoms. The van der Waals surface area contributed by atoms with E-state index in [1.54, 1.807) is 24.1 Å². The molecule has 1 N–H and O–H groups in total. The van der Waals surface area contributed by atoms with Crippen molar-refractivity contribution in [3.8, 4) is 11.5 Å². The number of amides is 1. The predicted octanol–water partition coefficient (Wildman–Crippen LogP) is 3.73. The first-order valence-electron chi connectivity index (χ1n) is 7.84. The van der Waals surface area contributed by atoms with E-state index in [1.807, 2.05) is 42.5 Å². The van der Waals surface area contributed by atoms with Crippen molar-refractivity contribution in [2.45, 2.75) is 5.37 Å². The number of carbonyl (C=O) groups excluding carboxylic acids is 1. The molecule has 1 fully saturated rings. The quantitative estimate of drug-likeness (QED) is 0.778. The van der Waals surface area contributed by atoms with E-state index in [9.17, 15) is 9.90 Å². The molecule has 1 amide bonds. The number of pyridine rings is 1. The molecule has 0 saturated carbocycles. The highest BCUT2D eigenvalue weighted by Gasteiger charge is 2.35. The summed E-state index contributed by atoms with van der Waals surface area (Å²) >= 11 is 1.53. The predicted molar refractivity (Wildman–Crippen MR) is 99.1 cm³/mol. The molecule has 0 radical (unpaired) electrons. The van der Waals surface area contributed by atoms with Crippen LogP contribution < -0.4 is 9.64 Å². The maximum atomic E-state index is 12.4. The van der Waals surface area contributed by atoms with E-state index in [-0.39, 0.29) is 17.0 Å². The van der Waals surface area contributed by atoms with E-state index in [0.717, 1.165) is 22.5 Å². The average molecular weight is 352 g/mol. The van der Waals surface area contributed by atoms with Crippen molar-refractivity contribution in [3.63, 3.8) is 0 Å². The van der Waals surface area contributed by atoms with Gasteiger partial charge in [-0.15, -0.1) is 11.8 Å². The Morgan fingerprint density at radius 2 is 1.96 bits per heavy atom. The second-order valence-electron chi connectivity index (χ2n) is 5.71. The summed E-state index contributed by atoms with van der Waals surface area (Å²) in [6, 6.07) is 16.6. The van der Waals surface area contributed by atoms with Crippen LogP contribution in [0.5, 0.6) is 11.5 Å². The van der Waals surface area contributed by atoms with Crippen molar-refractivity contribution in [2.24, 2.45) is 0 Å². The molecule has 1 atom stereocenters. The number of aromatic nitrogens is 1. The van der Waals surface area contributed by atoms with Crippen molar-refractivity contribution in [2.75, 3.05) is 17.8 Å². The lowest BCUT2D eigenvalue weighted by atomic mass is 10.1. The van der Waals surface area contributed by atoms with Gasteiger partial charge in [-0.1, -0.05) is 18.2 Å². The molecule has 3 aromatic rings. The molecule has 1 saturated heterocycles. The van der Waals surface area contributed by atoms with Crippen LogP contribution in [-0.4, -0.2) is 28.9 Å². The van der Waals surface area contributed by atoms with Gasteiger partial charge < -0.3 is 9.84 Å². The van der Waals surface area contributed by atoms with Gasteiger partial charge in [-0.2, -0.15) is 0 Å².